The molecule has 15 heavy (non-hydrogen) atoms. The molecule has 0 radical (unpaired) electrons. The van der Waals surface area contributed by atoms with Crippen LogP contribution in [0.4, 0.5) is 5.69 Å². The summed E-state index contributed by atoms with van der Waals surface area (Å²) >= 11 is 0. The lowest BCUT2D eigenvalue weighted by Crippen LogP contribution is -2.29. The molecular formula is C11H15NO3. The first kappa shape index (κ1) is 10.3. The number of nitrogens with two attached hydrogens (primary N) is 1. The van der Waals surface area contributed by atoms with Crippen LogP contribution >= 0.6 is 0 Å². The Labute approximate surface area is 88.9 Å². The number of ether oxygens (including phenoxy) is 3. The van der Waals surface area contributed by atoms with Crippen molar-refractivity contribution in [1.29, 1.82) is 0 Å². The van der Waals surface area contributed by atoms with E-state index in [1.54, 1.807) is 0 Å². The lowest BCUT2D eigenvalue weighted by molar-refractivity contribution is -0.147. The highest BCUT2D eigenvalue weighted by atomic mass is 16.7. The first-order valence-corrected chi connectivity index (χ1v) is 5.03. The topological polar surface area (TPSA) is 53.7 Å². The summed E-state index contributed by atoms with van der Waals surface area (Å²) in [4.78, 5) is 0. The van der Waals surface area contributed by atoms with Crippen molar-refractivity contribution in [2.24, 2.45) is 0 Å². The van der Waals surface area contributed by atoms with Crippen LogP contribution in [0.25, 0.3) is 0 Å². The normalized spacial score (nSPS) is 21.2. The van der Waals surface area contributed by atoms with E-state index >= 15 is 0 Å². The molecule has 82 valence electrons. The smallest absolute Gasteiger partial charge is 0.147 e. The maximum atomic E-state index is 5.75. The number of rotatable bonds is 3. The fourth-order valence-corrected chi connectivity index (χ4v) is 1.43. The van der Waals surface area contributed by atoms with Crippen LogP contribution in [-0.2, 0) is 9.47 Å². The molecule has 0 aromatic heterocycles. The lowest BCUT2D eigenvalue weighted by atomic mass is 10.2. The van der Waals surface area contributed by atoms with Crippen LogP contribution in [-0.4, -0.2) is 26.1 Å². The summed E-state index contributed by atoms with van der Waals surface area (Å²) in [5.74, 6) is 0.715. The van der Waals surface area contributed by atoms with E-state index in [4.69, 9.17) is 19.9 Å². The molecule has 1 heterocycles. The molecule has 4 heteroatoms. The summed E-state index contributed by atoms with van der Waals surface area (Å²) in [5, 5.41) is 0. The fourth-order valence-electron chi connectivity index (χ4n) is 1.43. The number of anilines is 1. The zero-order valence-electron chi connectivity index (χ0n) is 8.52. The third-order valence-electron chi connectivity index (χ3n) is 2.31. The Hall–Kier alpha value is -1.26. The second-order valence-corrected chi connectivity index (χ2v) is 3.45. The van der Waals surface area contributed by atoms with E-state index in [-0.39, 0.29) is 6.10 Å². The number of nitrogen functional groups attached to an aromatic ring is 1. The molecule has 1 aromatic rings. The SMILES string of the molecule is Nc1ccccc1OCC1CCOCO1. The second-order valence-electron chi connectivity index (χ2n) is 3.45. The number of hydrogen-bond donors (Lipinski definition) is 1. The predicted octanol–water partition coefficient (Wildman–Crippen LogP) is 1.41. The maximum absolute atomic E-state index is 5.75. The summed E-state index contributed by atoms with van der Waals surface area (Å²) in [7, 11) is 0. The zero-order valence-corrected chi connectivity index (χ0v) is 8.52. The van der Waals surface area contributed by atoms with Crippen LogP contribution in [0.1, 0.15) is 6.42 Å². The van der Waals surface area contributed by atoms with E-state index in [9.17, 15) is 0 Å². The van der Waals surface area contributed by atoms with Crippen molar-refractivity contribution in [2.75, 3.05) is 25.7 Å². The molecule has 0 amide bonds. The van der Waals surface area contributed by atoms with E-state index < -0.39 is 0 Å². The molecule has 1 aromatic carbocycles. The van der Waals surface area contributed by atoms with Gasteiger partial charge >= 0.3 is 0 Å². The minimum atomic E-state index is 0.110. The Morgan fingerprint density at radius 2 is 2.27 bits per heavy atom. The molecular weight excluding hydrogens is 194 g/mol. The predicted molar refractivity (Wildman–Crippen MR) is 56.7 cm³/mol. The monoisotopic (exact) mass is 209 g/mol. The molecule has 0 saturated carbocycles. The van der Waals surface area contributed by atoms with Gasteiger partial charge in [0.25, 0.3) is 0 Å². The van der Waals surface area contributed by atoms with Gasteiger partial charge in [-0.1, -0.05) is 12.1 Å². The first-order chi connectivity index (χ1) is 7.36. The van der Waals surface area contributed by atoms with Gasteiger partial charge in [-0.15, -0.1) is 0 Å². The minimum Gasteiger partial charge on any atom is -0.489 e. The summed E-state index contributed by atoms with van der Waals surface area (Å²) in [6.07, 6.45) is 0.977. The molecule has 0 bridgehead atoms. The summed E-state index contributed by atoms with van der Waals surface area (Å²) in [5.41, 5.74) is 6.40. The van der Waals surface area contributed by atoms with E-state index in [2.05, 4.69) is 0 Å². The van der Waals surface area contributed by atoms with Gasteiger partial charge in [-0.25, -0.2) is 0 Å². The van der Waals surface area contributed by atoms with Crippen LogP contribution in [0.5, 0.6) is 5.75 Å². The highest BCUT2D eigenvalue weighted by Crippen LogP contribution is 2.20. The van der Waals surface area contributed by atoms with Crippen LogP contribution in [0, 0.1) is 0 Å². The molecule has 2 rings (SSSR count). The fraction of sp³-hybridized carbons (Fsp3) is 0.455. The second kappa shape index (κ2) is 5.00. The average molecular weight is 209 g/mol. The third kappa shape index (κ3) is 2.84. The Bertz CT molecular complexity index is 310. The van der Waals surface area contributed by atoms with Gasteiger partial charge in [0.15, 0.2) is 0 Å². The van der Waals surface area contributed by atoms with Gasteiger partial charge in [-0.05, 0) is 12.1 Å². The number of para-hydroxylation sites is 2. The van der Waals surface area contributed by atoms with Gasteiger partial charge in [0.1, 0.15) is 19.1 Å². The molecule has 2 N–H and O–H groups in total. The molecule has 1 saturated heterocycles. The van der Waals surface area contributed by atoms with Crippen molar-refractivity contribution in [3.8, 4) is 5.75 Å². The minimum absolute atomic E-state index is 0.110. The summed E-state index contributed by atoms with van der Waals surface area (Å²) < 4.78 is 16.0. The molecule has 0 aliphatic carbocycles. The Morgan fingerprint density at radius 3 is 3.00 bits per heavy atom. The molecule has 1 atom stereocenters. The highest BCUT2D eigenvalue weighted by Gasteiger charge is 2.15. The lowest BCUT2D eigenvalue weighted by Gasteiger charge is -2.23. The van der Waals surface area contributed by atoms with Crippen LogP contribution in [0.2, 0.25) is 0 Å². The Kier molecular flexibility index (Phi) is 3.42. The van der Waals surface area contributed by atoms with Gasteiger partial charge in [-0.2, -0.15) is 0 Å². The van der Waals surface area contributed by atoms with E-state index in [1.165, 1.54) is 0 Å². The van der Waals surface area contributed by atoms with E-state index in [0.29, 0.717) is 24.8 Å². The molecule has 0 spiro atoms. The zero-order chi connectivity index (χ0) is 10.5. The van der Waals surface area contributed by atoms with Crippen LogP contribution in [0.15, 0.2) is 24.3 Å². The number of hydrogen-bond acceptors (Lipinski definition) is 4. The Morgan fingerprint density at radius 1 is 1.40 bits per heavy atom. The van der Waals surface area contributed by atoms with Gasteiger partial charge in [0.05, 0.1) is 18.4 Å². The molecule has 4 nitrogen and oxygen atoms in total. The van der Waals surface area contributed by atoms with E-state index in [0.717, 1.165) is 13.0 Å². The quantitative estimate of drug-likeness (QED) is 0.765. The van der Waals surface area contributed by atoms with Crippen molar-refractivity contribution < 1.29 is 14.2 Å². The van der Waals surface area contributed by atoms with Crippen LogP contribution < -0.4 is 10.5 Å². The molecule has 1 unspecified atom stereocenters. The standard InChI is InChI=1S/C11H15NO3/c12-10-3-1-2-4-11(10)14-7-9-5-6-13-8-15-9/h1-4,9H,5-8,12H2. The molecule has 1 fully saturated rings. The van der Waals surface area contributed by atoms with Crippen LogP contribution in [0.3, 0.4) is 0 Å². The molecule has 1 aliphatic heterocycles. The highest BCUT2D eigenvalue weighted by molar-refractivity contribution is 5.51. The van der Waals surface area contributed by atoms with Crippen molar-refractivity contribution in [3.05, 3.63) is 24.3 Å². The molecule has 1 aliphatic rings. The van der Waals surface area contributed by atoms with Gasteiger partial charge < -0.3 is 19.9 Å². The maximum Gasteiger partial charge on any atom is 0.147 e. The van der Waals surface area contributed by atoms with Crippen molar-refractivity contribution in [1.82, 2.24) is 0 Å². The first-order valence-electron chi connectivity index (χ1n) is 5.03. The average Bonchev–Trinajstić information content (AvgIpc) is 2.29. The summed E-state index contributed by atoms with van der Waals surface area (Å²) in [6, 6.07) is 7.46. The van der Waals surface area contributed by atoms with Crippen molar-refractivity contribution in [3.63, 3.8) is 0 Å². The third-order valence-corrected chi connectivity index (χ3v) is 2.31. The van der Waals surface area contributed by atoms with Gasteiger partial charge in [-0.3, -0.25) is 0 Å². The number of benzene rings is 1. The summed E-state index contributed by atoms with van der Waals surface area (Å²) in [6.45, 7) is 1.62. The van der Waals surface area contributed by atoms with Gasteiger partial charge in [0.2, 0.25) is 0 Å². The van der Waals surface area contributed by atoms with Gasteiger partial charge in [0, 0.05) is 6.42 Å². The van der Waals surface area contributed by atoms with E-state index in [1.807, 2.05) is 24.3 Å². The van der Waals surface area contributed by atoms with Crippen molar-refractivity contribution >= 4 is 5.69 Å². The van der Waals surface area contributed by atoms with Crippen molar-refractivity contribution in [2.45, 2.75) is 12.5 Å². The Balaban J connectivity index is 1.84. The largest absolute Gasteiger partial charge is 0.489 e.